The van der Waals surface area contributed by atoms with Crippen LogP contribution in [0, 0.1) is 0 Å². The first-order chi connectivity index (χ1) is 9.65. The summed E-state index contributed by atoms with van der Waals surface area (Å²) >= 11 is 0. The zero-order chi connectivity index (χ0) is 14.1. The highest BCUT2D eigenvalue weighted by atomic mass is 16.2. The molecule has 2 heterocycles. The van der Waals surface area contributed by atoms with Crippen LogP contribution >= 0.6 is 0 Å². The molecular weight excluding hydrogens is 260 g/mol. The number of nitrogens with one attached hydrogen (secondary N) is 3. The SMILES string of the molecule is CC(NC(=O)c1n[nH]c2ccc(N)cc12)c1nn[nH]n1. The van der Waals surface area contributed by atoms with Gasteiger partial charge in [-0.05, 0) is 25.1 Å². The minimum absolute atomic E-state index is 0.280. The molecule has 3 rings (SSSR count). The van der Waals surface area contributed by atoms with Gasteiger partial charge in [0.15, 0.2) is 11.5 Å². The van der Waals surface area contributed by atoms with Crippen LogP contribution in [0.5, 0.6) is 0 Å². The summed E-state index contributed by atoms with van der Waals surface area (Å²) in [5.74, 6) is 0.0665. The molecule has 1 amide bonds. The Morgan fingerprint density at radius 1 is 1.40 bits per heavy atom. The summed E-state index contributed by atoms with van der Waals surface area (Å²) in [5, 5.41) is 23.6. The van der Waals surface area contributed by atoms with Gasteiger partial charge in [0, 0.05) is 11.1 Å². The molecule has 1 atom stereocenters. The van der Waals surface area contributed by atoms with E-state index in [1.165, 1.54) is 0 Å². The topological polar surface area (TPSA) is 138 Å². The first kappa shape index (κ1) is 12.1. The normalized spacial score (nSPS) is 12.4. The molecule has 0 aliphatic carbocycles. The van der Waals surface area contributed by atoms with Crippen LogP contribution in [-0.4, -0.2) is 36.7 Å². The van der Waals surface area contributed by atoms with Crippen molar-refractivity contribution in [3.05, 3.63) is 29.7 Å². The van der Waals surface area contributed by atoms with Crippen molar-refractivity contribution in [3.8, 4) is 0 Å². The lowest BCUT2D eigenvalue weighted by molar-refractivity contribution is 0.0935. The van der Waals surface area contributed by atoms with Crippen LogP contribution in [0.2, 0.25) is 0 Å². The van der Waals surface area contributed by atoms with Gasteiger partial charge >= 0.3 is 0 Å². The van der Waals surface area contributed by atoms with E-state index >= 15 is 0 Å². The number of nitrogens with zero attached hydrogens (tertiary/aromatic N) is 4. The molecule has 1 aromatic carbocycles. The summed E-state index contributed by atoms with van der Waals surface area (Å²) in [7, 11) is 0. The Hall–Kier alpha value is -2.97. The Balaban J connectivity index is 1.87. The Labute approximate surface area is 112 Å². The zero-order valence-corrected chi connectivity index (χ0v) is 10.6. The number of carbonyl (C=O) groups is 1. The van der Waals surface area contributed by atoms with Crippen molar-refractivity contribution in [1.29, 1.82) is 0 Å². The highest BCUT2D eigenvalue weighted by Gasteiger charge is 2.19. The van der Waals surface area contributed by atoms with Gasteiger partial charge < -0.3 is 11.1 Å². The van der Waals surface area contributed by atoms with E-state index in [9.17, 15) is 4.79 Å². The molecule has 0 aliphatic heterocycles. The highest BCUT2D eigenvalue weighted by molar-refractivity contribution is 6.05. The summed E-state index contributed by atoms with van der Waals surface area (Å²) in [6.45, 7) is 1.76. The third-order valence-electron chi connectivity index (χ3n) is 2.90. The molecule has 0 saturated carbocycles. The van der Waals surface area contributed by atoms with Crippen molar-refractivity contribution in [2.75, 3.05) is 5.73 Å². The lowest BCUT2D eigenvalue weighted by atomic mass is 10.1. The molecular formula is C11H12N8O. The van der Waals surface area contributed by atoms with E-state index in [2.05, 4.69) is 36.1 Å². The standard InChI is InChI=1S/C11H12N8O/c1-5(10-16-18-19-17-10)13-11(20)9-7-4-6(12)2-3-8(7)14-15-9/h2-5H,12H2,1H3,(H,13,20)(H,14,15)(H,16,17,18,19). The van der Waals surface area contributed by atoms with Crippen LogP contribution < -0.4 is 11.1 Å². The molecule has 9 nitrogen and oxygen atoms in total. The smallest absolute Gasteiger partial charge is 0.273 e. The molecule has 102 valence electrons. The van der Waals surface area contributed by atoms with Gasteiger partial charge in [-0.15, -0.1) is 10.2 Å². The van der Waals surface area contributed by atoms with E-state index in [1.807, 2.05) is 0 Å². The third-order valence-corrected chi connectivity index (χ3v) is 2.90. The molecule has 0 radical (unpaired) electrons. The van der Waals surface area contributed by atoms with Crippen molar-refractivity contribution in [3.63, 3.8) is 0 Å². The number of benzene rings is 1. The van der Waals surface area contributed by atoms with E-state index in [1.54, 1.807) is 25.1 Å². The number of carbonyl (C=O) groups excluding carboxylic acids is 1. The molecule has 0 fully saturated rings. The average Bonchev–Trinajstić information content (AvgIpc) is 3.07. The predicted octanol–water partition coefficient (Wildman–Crippen LogP) is 0.149. The van der Waals surface area contributed by atoms with Crippen LogP contribution in [0.25, 0.3) is 10.9 Å². The fraction of sp³-hybridized carbons (Fsp3) is 0.182. The first-order valence-corrected chi connectivity index (χ1v) is 5.93. The molecule has 0 aliphatic rings. The Morgan fingerprint density at radius 2 is 2.25 bits per heavy atom. The molecule has 2 aromatic heterocycles. The van der Waals surface area contributed by atoms with Gasteiger partial charge in [0.2, 0.25) is 0 Å². The molecule has 0 bridgehead atoms. The van der Waals surface area contributed by atoms with Crippen LogP contribution in [-0.2, 0) is 0 Å². The number of aromatic nitrogens is 6. The molecule has 3 aromatic rings. The minimum atomic E-state index is -0.381. The van der Waals surface area contributed by atoms with Crippen molar-refractivity contribution in [2.24, 2.45) is 0 Å². The largest absolute Gasteiger partial charge is 0.399 e. The number of hydrogen-bond acceptors (Lipinski definition) is 6. The number of fused-ring (bicyclic) bond motifs is 1. The van der Waals surface area contributed by atoms with Gasteiger partial charge in [0.05, 0.1) is 11.6 Å². The summed E-state index contributed by atoms with van der Waals surface area (Å²) in [6, 6.07) is 4.84. The number of amides is 1. The van der Waals surface area contributed by atoms with Gasteiger partial charge in [-0.2, -0.15) is 10.3 Å². The minimum Gasteiger partial charge on any atom is -0.399 e. The highest BCUT2D eigenvalue weighted by Crippen LogP contribution is 2.19. The second-order valence-corrected chi connectivity index (χ2v) is 4.34. The zero-order valence-electron chi connectivity index (χ0n) is 10.6. The molecule has 0 spiro atoms. The summed E-state index contributed by atoms with van der Waals surface area (Å²) in [5.41, 5.74) is 7.32. The quantitative estimate of drug-likeness (QED) is 0.500. The average molecular weight is 272 g/mol. The molecule has 0 saturated heterocycles. The fourth-order valence-corrected chi connectivity index (χ4v) is 1.89. The maximum absolute atomic E-state index is 12.2. The molecule has 20 heavy (non-hydrogen) atoms. The van der Waals surface area contributed by atoms with Crippen LogP contribution in [0.4, 0.5) is 5.69 Å². The fourth-order valence-electron chi connectivity index (χ4n) is 1.89. The first-order valence-electron chi connectivity index (χ1n) is 5.93. The second kappa shape index (κ2) is 4.61. The van der Waals surface area contributed by atoms with Gasteiger partial charge in [-0.3, -0.25) is 9.89 Å². The van der Waals surface area contributed by atoms with Crippen molar-refractivity contribution in [2.45, 2.75) is 13.0 Å². The Morgan fingerprint density at radius 3 is 3.00 bits per heavy atom. The van der Waals surface area contributed by atoms with E-state index in [-0.39, 0.29) is 17.6 Å². The number of H-pyrrole nitrogens is 2. The maximum Gasteiger partial charge on any atom is 0.273 e. The number of hydrogen-bond donors (Lipinski definition) is 4. The van der Waals surface area contributed by atoms with Gasteiger partial charge in [0.25, 0.3) is 5.91 Å². The van der Waals surface area contributed by atoms with Gasteiger partial charge in [-0.1, -0.05) is 5.21 Å². The van der Waals surface area contributed by atoms with Gasteiger partial charge in [0.1, 0.15) is 0 Å². The number of nitrogens with two attached hydrogens (primary N) is 1. The van der Waals surface area contributed by atoms with Crippen LogP contribution in [0.15, 0.2) is 18.2 Å². The summed E-state index contributed by atoms with van der Waals surface area (Å²) < 4.78 is 0. The van der Waals surface area contributed by atoms with Gasteiger partial charge in [-0.25, -0.2) is 0 Å². The van der Waals surface area contributed by atoms with E-state index in [4.69, 9.17) is 5.73 Å². The van der Waals surface area contributed by atoms with E-state index in [0.29, 0.717) is 16.9 Å². The molecule has 9 heteroatoms. The van der Waals surface area contributed by atoms with E-state index in [0.717, 1.165) is 5.52 Å². The van der Waals surface area contributed by atoms with Crippen molar-refractivity contribution < 1.29 is 4.79 Å². The lowest BCUT2D eigenvalue weighted by Crippen LogP contribution is -2.27. The maximum atomic E-state index is 12.2. The Kier molecular flexibility index (Phi) is 2.78. The monoisotopic (exact) mass is 272 g/mol. The second-order valence-electron chi connectivity index (χ2n) is 4.34. The van der Waals surface area contributed by atoms with Crippen molar-refractivity contribution in [1.82, 2.24) is 36.1 Å². The predicted molar refractivity (Wildman–Crippen MR) is 70.6 cm³/mol. The molecule has 1 unspecified atom stereocenters. The number of nitrogen functional groups attached to an aromatic ring is 1. The van der Waals surface area contributed by atoms with E-state index < -0.39 is 0 Å². The summed E-state index contributed by atoms with van der Waals surface area (Å²) in [6.07, 6.45) is 0. The number of tetrazole rings is 1. The van der Waals surface area contributed by atoms with Crippen LogP contribution in [0.1, 0.15) is 29.3 Å². The third kappa shape index (κ3) is 2.05. The molecule has 5 N–H and O–H groups in total. The van der Waals surface area contributed by atoms with Crippen LogP contribution in [0.3, 0.4) is 0 Å². The Bertz CT molecular complexity index is 747. The number of aromatic amines is 2. The lowest BCUT2D eigenvalue weighted by Gasteiger charge is -2.08. The number of anilines is 1. The number of rotatable bonds is 3. The summed E-state index contributed by atoms with van der Waals surface area (Å²) in [4.78, 5) is 12.2. The van der Waals surface area contributed by atoms with Crippen molar-refractivity contribution >= 4 is 22.5 Å².